The Labute approximate surface area is 150 Å². The predicted molar refractivity (Wildman–Crippen MR) is 95.4 cm³/mol. The van der Waals surface area contributed by atoms with E-state index < -0.39 is 15.7 Å². The third-order valence-corrected chi connectivity index (χ3v) is 6.43. The third-order valence-electron chi connectivity index (χ3n) is 4.51. The zero-order valence-corrected chi connectivity index (χ0v) is 15.2. The number of aromatic amines is 2. The molecule has 1 aromatic carbocycles. The molecule has 1 aliphatic heterocycles. The van der Waals surface area contributed by atoms with E-state index in [4.69, 9.17) is 11.6 Å². The van der Waals surface area contributed by atoms with Crippen molar-refractivity contribution in [3.63, 3.8) is 0 Å². The van der Waals surface area contributed by atoms with Crippen molar-refractivity contribution < 1.29 is 13.5 Å². The standard InChI is InChI=1S/C15H21ClN4O4S/c16-11-7-12-13(19-15(22)18-12)8-14(11)25(23,24)17-4-6-20-5-2-1-3-10(20)9-21/h7-8,10,17,21H,1-6,9H2,(H2,18,19,22)/t10-/m1/s1. The molecule has 1 atom stereocenters. The van der Waals surface area contributed by atoms with E-state index in [-0.39, 0.29) is 29.1 Å². The van der Waals surface area contributed by atoms with Crippen LogP contribution in [0.4, 0.5) is 0 Å². The molecule has 25 heavy (non-hydrogen) atoms. The first-order chi connectivity index (χ1) is 11.9. The molecule has 2 aromatic rings. The van der Waals surface area contributed by atoms with Crippen molar-refractivity contribution in [3.8, 4) is 0 Å². The summed E-state index contributed by atoms with van der Waals surface area (Å²) >= 11 is 6.07. The van der Waals surface area contributed by atoms with Crippen LogP contribution in [0.5, 0.6) is 0 Å². The van der Waals surface area contributed by atoms with E-state index >= 15 is 0 Å². The minimum absolute atomic E-state index is 0.0430. The Morgan fingerprint density at radius 3 is 2.72 bits per heavy atom. The SMILES string of the molecule is O=c1[nH]c2cc(Cl)c(S(=O)(=O)NCCN3CCCC[C@@H]3CO)cc2[nH]1. The smallest absolute Gasteiger partial charge is 0.323 e. The van der Waals surface area contributed by atoms with Gasteiger partial charge in [0.05, 0.1) is 22.7 Å². The van der Waals surface area contributed by atoms with Gasteiger partial charge in [-0.25, -0.2) is 17.9 Å². The Hall–Kier alpha value is -1.39. The molecule has 0 spiro atoms. The number of H-pyrrole nitrogens is 2. The molecule has 0 saturated carbocycles. The molecule has 1 saturated heterocycles. The number of hydrogen-bond donors (Lipinski definition) is 4. The van der Waals surface area contributed by atoms with Crippen LogP contribution in [-0.4, -0.2) is 60.7 Å². The Morgan fingerprint density at radius 2 is 2.00 bits per heavy atom. The van der Waals surface area contributed by atoms with Crippen molar-refractivity contribution in [3.05, 3.63) is 27.6 Å². The van der Waals surface area contributed by atoms with Gasteiger partial charge in [-0.3, -0.25) is 4.90 Å². The molecule has 138 valence electrons. The molecule has 0 aliphatic carbocycles. The number of hydrogen-bond acceptors (Lipinski definition) is 5. The number of halogens is 1. The number of benzene rings is 1. The number of sulfonamides is 1. The Morgan fingerprint density at radius 1 is 1.28 bits per heavy atom. The van der Waals surface area contributed by atoms with Crippen LogP contribution in [0, 0.1) is 0 Å². The summed E-state index contributed by atoms with van der Waals surface area (Å²) in [6, 6.07) is 2.84. The van der Waals surface area contributed by atoms with E-state index in [9.17, 15) is 18.3 Å². The van der Waals surface area contributed by atoms with Crippen LogP contribution in [0.15, 0.2) is 21.8 Å². The molecule has 4 N–H and O–H groups in total. The summed E-state index contributed by atoms with van der Waals surface area (Å²) in [4.78, 5) is 18.4. The van der Waals surface area contributed by atoms with E-state index in [0.29, 0.717) is 17.6 Å². The summed E-state index contributed by atoms with van der Waals surface area (Å²) in [7, 11) is -3.81. The number of aliphatic hydroxyl groups excluding tert-OH is 1. The number of imidazole rings is 1. The molecule has 8 nitrogen and oxygen atoms in total. The summed E-state index contributed by atoms with van der Waals surface area (Å²) in [6.07, 6.45) is 3.05. The maximum atomic E-state index is 12.5. The van der Waals surface area contributed by atoms with Gasteiger partial charge in [0, 0.05) is 19.1 Å². The van der Waals surface area contributed by atoms with E-state index in [0.717, 1.165) is 25.8 Å². The van der Waals surface area contributed by atoms with Crippen molar-refractivity contribution in [2.75, 3.05) is 26.2 Å². The lowest BCUT2D eigenvalue weighted by molar-refractivity contribution is 0.0923. The minimum Gasteiger partial charge on any atom is -0.395 e. The largest absolute Gasteiger partial charge is 0.395 e. The van der Waals surface area contributed by atoms with E-state index in [1.807, 2.05) is 0 Å². The van der Waals surface area contributed by atoms with Crippen LogP contribution in [0.1, 0.15) is 19.3 Å². The summed E-state index contributed by atoms with van der Waals surface area (Å²) in [6.45, 7) is 1.67. The van der Waals surface area contributed by atoms with Gasteiger partial charge >= 0.3 is 5.69 Å². The molecule has 0 bridgehead atoms. The third kappa shape index (κ3) is 4.06. The second kappa shape index (κ2) is 7.46. The zero-order valence-electron chi connectivity index (χ0n) is 13.6. The fourth-order valence-electron chi connectivity index (χ4n) is 3.20. The molecular weight excluding hydrogens is 368 g/mol. The summed E-state index contributed by atoms with van der Waals surface area (Å²) in [5, 5.41) is 9.45. The first kappa shape index (κ1) is 18.4. The molecular formula is C15H21ClN4O4S. The second-order valence-corrected chi connectivity index (χ2v) is 8.32. The van der Waals surface area contributed by atoms with Gasteiger partial charge in [0.2, 0.25) is 10.0 Å². The van der Waals surface area contributed by atoms with Crippen LogP contribution >= 0.6 is 11.6 Å². The average molecular weight is 389 g/mol. The Balaban J connectivity index is 1.71. The van der Waals surface area contributed by atoms with Crippen molar-refractivity contribution in [1.82, 2.24) is 19.6 Å². The molecule has 0 radical (unpaired) electrons. The highest BCUT2D eigenvalue weighted by molar-refractivity contribution is 7.89. The minimum atomic E-state index is -3.81. The molecule has 1 fully saturated rings. The van der Waals surface area contributed by atoms with Gasteiger partial charge in [0.15, 0.2) is 0 Å². The van der Waals surface area contributed by atoms with Crippen LogP contribution in [0.3, 0.4) is 0 Å². The van der Waals surface area contributed by atoms with Crippen molar-refractivity contribution >= 4 is 32.7 Å². The lowest BCUT2D eigenvalue weighted by Gasteiger charge is -2.34. The average Bonchev–Trinajstić information content (AvgIpc) is 2.93. The molecule has 1 aromatic heterocycles. The van der Waals surface area contributed by atoms with Crippen molar-refractivity contribution in [1.29, 1.82) is 0 Å². The van der Waals surface area contributed by atoms with E-state index in [1.165, 1.54) is 12.1 Å². The summed E-state index contributed by atoms with van der Waals surface area (Å²) in [5.41, 5.74) is 0.410. The van der Waals surface area contributed by atoms with Gasteiger partial charge in [0.25, 0.3) is 0 Å². The van der Waals surface area contributed by atoms with Gasteiger partial charge in [-0.05, 0) is 31.5 Å². The highest BCUT2D eigenvalue weighted by atomic mass is 35.5. The lowest BCUT2D eigenvalue weighted by Crippen LogP contribution is -2.45. The molecule has 2 heterocycles. The first-order valence-electron chi connectivity index (χ1n) is 8.17. The van der Waals surface area contributed by atoms with E-state index in [2.05, 4.69) is 19.6 Å². The number of aromatic nitrogens is 2. The fourth-order valence-corrected chi connectivity index (χ4v) is 4.78. The number of aliphatic hydroxyl groups is 1. The number of nitrogens with one attached hydrogen (secondary N) is 3. The van der Waals surface area contributed by atoms with Crippen LogP contribution < -0.4 is 10.4 Å². The maximum Gasteiger partial charge on any atom is 0.323 e. The normalized spacial score (nSPS) is 19.5. The molecule has 0 amide bonds. The zero-order chi connectivity index (χ0) is 18.0. The first-order valence-corrected chi connectivity index (χ1v) is 10.0. The predicted octanol–water partition coefficient (Wildman–Crippen LogP) is 0.635. The molecule has 3 rings (SSSR count). The monoisotopic (exact) mass is 388 g/mol. The van der Waals surface area contributed by atoms with Gasteiger partial charge in [-0.15, -0.1) is 0 Å². The van der Waals surface area contributed by atoms with Crippen LogP contribution in [0.2, 0.25) is 5.02 Å². The quantitative estimate of drug-likeness (QED) is 0.579. The molecule has 0 unspecified atom stereocenters. The Bertz CT molecular complexity index is 908. The van der Waals surface area contributed by atoms with Crippen molar-refractivity contribution in [2.45, 2.75) is 30.2 Å². The molecule has 10 heteroatoms. The summed E-state index contributed by atoms with van der Waals surface area (Å²) < 4.78 is 27.6. The number of piperidine rings is 1. The van der Waals surface area contributed by atoms with Crippen LogP contribution in [-0.2, 0) is 10.0 Å². The molecule has 1 aliphatic rings. The Kier molecular flexibility index (Phi) is 5.49. The fraction of sp³-hybridized carbons (Fsp3) is 0.533. The number of nitrogens with zero attached hydrogens (tertiary/aromatic N) is 1. The topological polar surface area (TPSA) is 118 Å². The van der Waals surface area contributed by atoms with Gasteiger partial charge in [-0.1, -0.05) is 18.0 Å². The van der Waals surface area contributed by atoms with Gasteiger partial charge in [0.1, 0.15) is 4.90 Å². The number of rotatable bonds is 6. The summed E-state index contributed by atoms with van der Waals surface area (Å²) in [5.74, 6) is 0. The lowest BCUT2D eigenvalue weighted by atomic mass is 10.0. The van der Waals surface area contributed by atoms with Gasteiger partial charge < -0.3 is 15.1 Å². The number of likely N-dealkylation sites (tertiary alicyclic amines) is 1. The van der Waals surface area contributed by atoms with Crippen LogP contribution in [0.25, 0.3) is 11.0 Å². The highest BCUT2D eigenvalue weighted by Crippen LogP contribution is 2.25. The highest BCUT2D eigenvalue weighted by Gasteiger charge is 2.23. The van der Waals surface area contributed by atoms with Crippen molar-refractivity contribution in [2.24, 2.45) is 0 Å². The second-order valence-electron chi connectivity index (χ2n) is 6.17. The van der Waals surface area contributed by atoms with Gasteiger partial charge in [-0.2, -0.15) is 0 Å². The maximum absolute atomic E-state index is 12.5. The van der Waals surface area contributed by atoms with E-state index in [1.54, 1.807) is 0 Å². The number of fused-ring (bicyclic) bond motifs is 1.